The van der Waals surface area contributed by atoms with Crippen LogP contribution >= 0.6 is 0 Å². The van der Waals surface area contributed by atoms with Gasteiger partial charge in [-0.15, -0.1) is 0 Å². The number of alkyl halides is 9. The highest BCUT2D eigenvalue weighted by Gasteiger charge is 2.83. The first-order valence-corrected chi connectivity index (χ1v) is 12.8. The smallest absolute Gasteiger partial charge is 0.460 e. The maximum atomic E-state index is 12.2. The predicted octanol–water partition coefficient (Wildman–Crippen LogP) is 5.97. The van der Waals surface area contributed by atoms with E-state index in [2.05, 4.69) is 36.4 Å². The van der Waals surface area contributed by atoms with E-state index in [4.69, 9.17) is 4.74 Å². The number of benzene rings is 2. The highest BCUT2D eigenvalue weighted by molar-refractivity contribution is 7.97. The molecule has 1 heterocycles. The van der Waals surface area contributed by atoms with Crippen molar-refractivity contribution in [1.82, 2.24) is 0 Å². The van der Waals surface area contributed by atoms with Crippen molar-refractivity contribution in [1.29, 1.82) is 0 Å². The molecule has 35 heavy (non-hydrogen) atoms. The lowest BCUT2D eigenvalue weighted by Crippen LogP contribution is -2.63. The van der Waals surface area contributed by atoms with Gasteiger partial charge in [0.15, 0.2) is 15.0 Å². The van der Waals surface area contributed by atoms with E-state index in [1.807, 2.05) is 6.92 Å². The first-order chi connectivity index (χ1) is 15.9. The molecule has 4 nitrogen and oxygen atoms in total. The van der Waals surface area contributed by atoms with Crippen molar-refractivity contribution < 1.29 is 57.2 Å². The molecule has 0 aliphatic carbocycles. The van der Waals surface area contributed by atoms with Crippen molar-refractivity contribution in [3.8, 4) is 5.75 Å². The minimum Gasteiger partial charge on any atom is -0.743 e. The van der Waals surface area contributed by atoms with Gasteiger partial charge < -0.3 is 9.29 Å². The first-order valence-electron chi connectivity index (χ1n) is 9.87. The summed E-state index contributed by atoms with van der Waals surface area (Å²) in [6.07, 6.45) is -4.38. The van der Waals surface area contributed by atoms with Crippen LogP contribution in [0.2, 0.25) is 0 Å². The average Bonchev–Trinajstić information content (AvgIpc) is 3.27. The van der Waals surface area contributed by atoms with Crippen LogP contribution < -0.4 is 4.74 Å². The second-order valence-electron chi connectivity index (χ2n) is 7.27. The largest absolute Gasteiger partial charge is 0.743 e. The molecule has 15 heteroatoms. The summed E-state index contributed by atoms with van der Waals surface area (Å²) in [6.45, 7) is 2.77. The Bertz CT molecular complexity index is 1130. The molecule has 0 atom stereocenters. The molecule has 1 aliphatic rings. The van der Waals surface area contributed by atoms with Gasteiger partial charge in [0.2, 0.25) is 0 Å². The molecular formula is C20H19F9O4S2. The summed E-state index contributed by atoms with van der Waals surface area (Å²) in [4.78, 5) is 1.55. The van der Waals surface area contributed by atoms with Gasteiger partial charge in [0, 0.05) is 21.7 Å². The standard InChI is InChI=1S/C16H19OS.C4HF9O3S/c1-2-17-15-9-10-16(18-11-5-6-12-18)14-8-4-3-7-13(14)15;5-1(6,3(9,10)11)2(7,8)4(12,13)17(14,15)16/h3-4,7-10H,2,5-6,11-12H2,1H3;(H,14,15,16)/q+1;/p-1. The van der Waals surface area contributed by atoms with Crippen LogP contribution in [0.25, 0.3) is 10.8 Å². The second kappa shape index (κ2) is 10.2. The summed E-state index contributed by atoms with van der Waals surface area (Å²) < 4.78 is 141. The van der Waals surface area contributed by atoms with Gasteiger partial charge in [0.1, 0.15) is 17.3 Å². The molecule has 2 aromatic carbocycles. The van der Waals surface area contributed by atoms with Crippen molar-refractivity contribution in [2.24, 2.45) is 0 Å². The van der Waals surface area contributed by atoms with Gasteiger partial charge in [-0.05, 0) is 38.0 Å². The van der Waals surface area contributed by atoms with Crippen LogP contribution in [0.1, 0.15) is 19.8 Å². The highest BCUT2D eigenvalue weighted by atomic mass is 32.2. The monoisotopic (exact) mass is 558 g/mol. The van der Waals surface area contributed by atoms with E-state index in [0.717, 1.165) is 12.4 Å². The Morgan fingerprint density at radius 3 is 1.83 bits per heavy atom. The lowest BCUT2D eigenvalue weighted by molar-refractivity contribution is -0.382. The minimum atomic E-state index is -7.43. The third kappa shape index (κ3) is 5.61. The highest BCUT2D eigenvalue weighted by Crippen LogP contribution is 2.54. The van der Waals surface area contributed by atoms with Crippen LogP contribution in [0.15, 0.2) is 41.3 Å². The normalized spacial score (nSPS) is 16.2. The lowest BCUT2D eigenvalue weighted by atomic mass is 10.1. The summed E-state index contributed by atoms with van der Waals surface area (Å²) >= 11 is 0. The Kier molecular flexibility index (Phi) is 8.59. The van der Waals surface area contributed by atoms with Gasteiger partial charge in [-0.2, -0.15) is 39.5 Å². The fraction of sp³-hybridized carbons (Fsp3) is 0.500. The Morgan fingerprint density at radius 2 is 1.37 bits per heavy atom. The van der Waals surface area contributed by atoms with Crippen LogP contribution in [0.4, 0.5) is 39.5 Å². The number of hydrogen-bond acceptors (Lipinski definition) is 4. The fourth-order valence-electron chi connectivity index (χ4n) is 3.17. The Balaban J connectivity index is 0.000000248. The van der Waals surface area contributed by atoms with E-state index in [1.54, 1.807) is 4.90 Å². The lowest BCUT2D eigenvalue weighted by Gasteiger charge is -2.34. The molecule has 0 bridgehead atoms. The van der Waals surface area contributed by atoms with Gasteiger partial charge in [0.05, 0.1) is 6.61 Å². The first kappa shape index (κ1) is 29.4. The maximum absolute atomic E-state index is 12.2. The number of rotatable bonds is 6. The van der Waals surface area contributed by atoms with Crippen molar-refractivity contribution in [3.63, 3.8) is 0 Å². The molecule has 1 fully saturated rings. The zero-order valence-corrected chi connectivity index (χ0v) is 19.5. The molecule has 198 valence electrons. The quantitative estimate of drug-likeness (QED) is 0.249. The number of fused-ring (bicyclic) bond motifs is 1. The van der Waals surface area contributed by atoms with Crippen LogP contribution in [-0.4, -0.2) is 54.4 Å². The zero-order chi connectivity index (χ0) is 26.9. The Morgan fingerprint density at radius 1 is 0.857 bits per heavy atom. The molecule has 0 amide bonds. The van der Waals surface area contributed by atoms with E-state index in [9.17, 15) is 52.5 Å². The summed E-state index contributed by atoms with van der Waals surface area (Å²) in [5.74, 6) is -11.0. The number of halogens is 9. The second-order valence-corrected chi connectivity index (χ2v) is 10.9. The Labute approximate surface area is 197 Å². The molecule has 1 aliphatic heterocycles. The van der Waals surface area contributed by atoms with E-state index in [-0.39, 0.29) is 0 Å². The molecular weight excluding hydrogens is 539 g/mol. The zero-order valence-electron chi connectivity index (χ0n) is 17.9. The van der Waals surface area contributed by atoms with Crippen LogP contribution in [0.3, 0.4) is 0 Å². The van der Waals surface area contributed by atoms with Gasteiger partial charge in [-0.25, -0.2) is 8.42 Å². The molecule has 0 aromatic heterocycles. The van der Waals surface area contributed by atoms with Crippen molar-refractivity contribution in [2.75, 3.05) is 18.1 Å². The van der Waals surface area contributed by atoms with E-state index in [1.165, 1.54) is 35.1 Å². The molecule has 0 unspecified atom stereocenters. The molecule has 0 radical (unpaired) electrons. The van der Waals surface area contributed by atoms with Crippen molar-refractivity contribution in [3.05, 3.63) is 36.4 Å². The topological polar surface area (TPSA) is 66.4 Å². The van der Waals surface area contributed by atoms with Crippen LogP contribution in [0, 0.1) is 0 Å². The molecule has 0 N–H and O–H groups in total. The minimum absolute atomic E-state index is 0.467. The van der Waals surface area contributed by atoms with Gasteiger partial charge >= 0.3 is 23.3 Å². The molecule has 0 spiro atoms. The average molecular weight is 558 g/mol. The Hall–Kier alpha value is -1.87. The SMILES string of the molecule is CCOc1ccc([S+]2CCCC2)c2ccccc12.O=S(=O)([O-])C(F)(F)C(F)(F)C(F)(F)C(F)(F)F. The van der Waals surface area contributed by atoms with Crippen LogP contribution in [-0.2, 0) is 21.0 Å². The molecule has 0 saturated carbocycles. The summed E-state index contributed by atoms with van der Waals surface area (Å²) in [5, 5.41) is -4.44. The number of ether oxygens (including phenoxy) is 1. The third-order valence-corrected chi connectivity index (χ3v) is 8.34. The summed E-state index contributed by atoms with van der Waals surface area (Å²) in [5.41, 5.74) is 0. The predicted molar refractivity (Wildman–Crippen MR) is 110 cm³/mol. The van der Waals surface area contributed by atoms with E-state index in [0.29, 0.717) is 10.9 Å². The third-order valence-electron chi connectivity index (χ3n) is 4.92. The van der Waals surface area contributed by atoms with Crippen molar-refractivity contribution in [2.45, 2.75) is 47.9 Å². The van der Waals surface area contributed by atoms with Crippen LogP contribution in [0.5, 0.6) is 5.75 Å². The van der Waals surface area contributed by atoms with E-state index < -0.39 is 33.4 Å². The van der Waals surface area contributed by atoms with E-state index >= 15 is 0 Å². The summed E-state index contributed by atoms with van der Waals surface area (Å²) in [7, 11) is -6.95. The van der Waals surface area contributed by atoms with Gasteiger partial charge in [-0.1, -0.05) is 18.2 Å². The number of hydrogen-bond donors (Lipinski definition) is 0. The van der Waals surface area contributed by atoms with Crippen molar-refractivity contribution >= 4 is 31.8 Å². The molecule has 3 rings (SSSR count). The van der Waals surface area contributed by atoms with Gasteiger partial charge in [0.25, 0.3) is 0 Å². The van der Waals surface area contributed by atoms with Gasteiger partial charge in [-0.3, -0.25) is 0 Å². The maximum Gasteiger partial charge on any atom is 0.460 e. The summed E-state index contributed by atoms with van der Waals surface area (Å²) in [6, 6.07) is 13.1. The molecule has 1 saturated heterocycles. The molecule has 2 aromatic rings. The fourth-order valence-corrected chi connectivity index (χ4v) is 6.11.